The van der Waals surface area contributed by atoms with E-state index in [0.717, 1.165) is 18.2 Å². The normalized spacial score (nSPS) is 11.2. The Morgan fingerprint density at radius 2 is 1.58 bits per heavy atom. The van der Waals surface area contributed by atoms with Gasteiger partial charge < -0.3 is 5.32 Å². The van der Waals surface area contributed by atoms with Crippen molar-refractivity contribution < 1.29 is 35.9 Å². The van der Waals surface area contributed by atoms with Crippen molar-refractivity contribution >= 4 is 29.2 Å². The molecule has 0 aromatic heterocycles. The largest absolute Gasteiger partial charge is 0.418 e. The molecule has 0 saturated carbocycles. The topological polar surface area (TPSA) is 58.2 Å². The summed E-state index contributed by atoms with van der Waals surface area (Å²) in [6.45, 7) is 0. The average molecular weight is 397 g/mol. The number of benzene rings is 2. The number of halogens is 7. The summed E-state index contributed by atoms with van der Waals surface area (Å²) in [4.78, 5) is 23.4. The van der Waals surface area contributed by atoms with E-state index in [0.29, 0.717) is 6.07 Å². The van der Waals surface area contributed by atoms with E-state index in [1.807, 2.05) is 0 Å². The Hall–Kier alpha value is -2.75. The molecule has 2 aromatic rings. The summed E-state index contributed by atoms with van der Waals surface area (Å²) >= 11 is 5.48. The first-order valence-corrected chi connectivity index (χ1v) is 7.01. The maximum absolute atomic E-state index is 13.5. The van der Waals surface area contributed by atoms with Crippen molar-refractivity contribution in [2.24, 2.45) is 0 Å². The predicted molar refractivity (Wildman–Crippen MR) is 79.3 cm³/mol. The molecule has 11 heteroatoms. The number of amides is 3. The molecule has 2 aromatic carbocycles. The highest BCUT2D eigenvalue weighted by Gasteiger charge is 2.35. The van der Waals surface area contributed by atoms with Gasteiger partial charge >= 0.3 is 12.2 Å². The second kappa shape index (κ2) is 7.24. The van der Waals surface area contributed by atoms with Crippen LogP contribution in [0, 0.1) is 17.5 Å². The van der Waals surface area contributed by atoms with Gasteiger partial charge in [0.1, 0.15) is 23.0 Å². The molecule has 2 rings (SSSR count). The first-order valence-electron chi connectivity index (χ1n) is 6.63. The third-order valence-electron chi connectivity index (χ3n) is 3.01. The first-order chi connectivity index (χ1) is 12.0. The third-order valence-corrected chi connectivity index (χ3v) is 3.42. The molecule has 0 bridgehead atoms. The number of carbonyl (C=O) groups excluding carboxylic acids is 2. The summed E-state index contributed by atoms with van der Waals surface area (Å²) in [6.07, 6.45) is -5.00. The Bertz CT molecular complexity index is 865. The standard InChI is InChI=1S/C15H7ClF6N2O2/c16-12-7(15(20,21)22)4-6(17)5-10(12)23-14(26)24-13(25)11-8(18)2-1-3-9(11)19/h1-5H,(H2,23,24,25,26). The SMILES string of the molecule is O=C(NC(=O)c1c(F)cccc1F)Nc1cc(F)cc(C(F)(F)F)c1Cl. The summed E-state index contributed by atoms with van der Waals surface area (Å²) in [5, 5.41) is 2.19. The maximum atomic E-state index is 13.5. The number of urea groups is 1. The van der Waals surface area contributed by atoms with E-state index in [2.05, 4.69) is 0 Å². The number of nitrogens with one attached hydrogen (secondary N) is 2. The van der Waals surface area contributed by atoms with E-state index < -0.39 is 57.4 Å². The summed E-state index contributed by atoms with van der Waals surface area (Å²) in [7, 11) is 0. The third kappa shape index (κ3) is 4.26. The molecule has 2 N–H and O–H groups in total. The zero-order chi connectivity index (χ0) is 19.6. The lowest BCUT2D eigenvalue weighted by Gasteiger charge is -2.14. The van der Waals surface area contributed by atoms with Crippen LogP contribution >= 0.6 is 11.6 Å². The second-order valence-corrected chi connectivity index (χ2v) is 5.20. The van der Waals surface area contributed by atoms with Crippen LogP contribution in [-0.2, 0) is 6.18 Å². The Kier molecular flexibility index (Phi) is 5.45. The van der Waals surface area contributed by atoms with Gasteiger partial charge in [-0.1, -0.05) is 17.7 Å². The molecule has 0 heterocycles. The molecule has 0 atom stereocenters. The van der Waals surface area contributed by atoms with Crippen LogP contribution in [0.5, 0.6) is 0 Å². The zero-order valence-corrected chi connectivity index (χ0v) is 13.1. The smallest absolute Gasteiger partial charge is 0.306 e. The van der Waals surface area contributed by atoms with Crippen molar-refractivity contribution in [3.8, 4) is 0 Å². The van der Waals surface area contributed by atoms with E-state index in [1.54, 1.807) is 5.32 Å². The van der Waals surface area contributed by atoms with Crippen LogP contribution in [0.25, 0.3) is 0 Å². The van der Waals surface area contributed by atoms with Gasteiger partial charge in [0.25, 0.3) is 5.91 Å². The molecule has 26 heavy (non-hydrogen) atoms. The molecule has 3 amide bonds. The lowest BCUT2D eigenvalue weighted by molar-refractivity contribution is -0.137. The van der Waals surface area contributed by atoms with Gasteiger partial charge in [-0.3, -0.25) is 10.1 Å². The minimum absolute atomic E-state index is 0.116. The molecule has 0 aliphatic heterocycles. The Morgan fingerprint density at radius 1 is 1.00 bits per heavy atom. The molecule has 0 radical (unpaired) electrons. The van der Waals surface area contributed by atoms with Gasteiger partial charge in [0.2, 0.25) is 0 Å². The average Bonchev–Trinajstić information content (AvgIpc) is 2.49. The van der Waals surface area contributed by atoms with Crippen LogP contribution in [-0.4, -0.2) is 11.9 Å². The van der Waals surface area contributed by atoms with Crippen LogP contribution in [0.1, 0.15) is 15.9 Å². The fraction of sp³-hybridized carbons (Fsp3) is 0.0667. The highest BCUT2D eigenvalue weighted by Crippen LogP contribution is 2.39. The number of carbonyl (C=O) groups is 2. The minimum atomic E-state index is -5.00. The predicted octanol–water partition coefficient (Wildman–Crippen LogP) is 4.74. The van der Waals surface area contributed by atoms with Crippen LogP contribution in [0.3, 0.4) is 0 Å². The quantitative estimate of drug-likeness (QED) is 0.720. The highest BCUT2D eigenvalue weighted by molar-refractivity contribution is 6.34. The molecule has 0 unspecified atom stereocenters. The number of hydrogen-bond donors (Lipinski definition) is 2. The highest BCUT2D eigenvalue weighted by atomic mass is 35.5. The monoisotopic (exact) mass is 396 g/mol. The Balaban J connectivity index is 2.23. The van der Waals surface area contributed by atoms with Crippen LogP contribution < -0.4 is 10.6 Å². The van der Waals surface area contributed by atoms with E-state index in [4.69, 9.17) is 11.6 Å². The summed E-state index contributed by atoms with van der Waals surface area (Å²) in [5.41, 5.74) is -3.43. The number of imide groups is 1. The maximum Gasteiger partial charge on any atom is 0.418 e. The lowest BCUT2D eigenvalue weighted by Crippen LogP contribution is -2.35. The van der Waals surface area contributed by atoms with E-state index >= 15 is 0 Å². The van der Waals surface area contributed by atoms with Crippen molar-refractivity contribution in [3.63, 3.8) is 0 Å². The summed E-state index contributed by atoms with van der Waals surface area (Å²) < 4.78 is 78.5. The molecular formula is C15H7ClF6N2O2. The summed E-state index contributed by atoms with van der Waals surface area (Å²) in [6, 6.07) is 1.62. The summed E-state index contributed by atoms with van der Waals surface area (Å²) in [5.74, 6) is -5.39. The van der Waals surface area contributed by atoms with Crippen molar-refractivity contribution in [1.29, 1.82) is 0 Å². The van der Waals surface area contributed by atoms with Crippen LogP contribution in [0.4, 0.5) is 36.8 Å². The fourth-order valence-corrected chi connectivity index (χ4v) is 2.18. The number of hydrogen-bond acceptors (Lipinski definition) is 2. The Morgan fingerprint density at radius 3 is 2.12 bits per heavy atom. The van der Waals surface area contributed by atoms with Gasteiger partial charge in [0, 0.05) is 0 Å². The van der Waals surface area contributed by atoms with Crippen LogP contribution in [0.15, 0.2) is 30.3 Å². The Labute approximate surface area is 146 Å². The molecule has 0 aliphatic rings. The number of rotatable bonds is 2. The first kappa shape index (κ1) is 19.6. The van der Waals surface area contributed by atoms with Gasteiger partial charge in [-0.15, -0.1) is 0 Å². The van der Waals surface area contributed by atoms with Crippen molar-refractivity contribution in [1.82, 2.24) is 5.32 Å². The van der Waals surface area contributed by atoms with Crippen molar-refractivity contribution in [3.05, 3.63) is 63.9 Å². The molecule has 0 saturated heterocycles. The van der Waals surface area contributed by atoms with Crippen molar-refractivity contribution in [2.45, 2.75) is 6.18 Å². The van der Waals surface area contributed by atoms with Gasteiger partial charge in [-0.2, -0.15) is 13.2 Å². The lowest BCUT2D eigenvalue weighted by atomic mass is 10.1. The van der Waals surface area contributed by atoms with E-state index in [1.165, 1.54) is 5.32 Å². The minimum Gasteiger partial charge on any atom is -0.306 e. The molecule has 0 fully saturated rings. The van der Waals surface area contributed by atoms with E-state index in [-0.39, 0.29) is 6.07 Å². The molecule has 4 nitrogen and oxygen atoms in total. The van der Waals surface area contributed by atoms with Crippen LogP contribution in [0.2, 0.25) is 5.02 Å². The molecule has 0 spiro atoms. The molecule has 138 valence electrons. The number of alkyl halides is 3. The van der Waals surface area contributed by atoms with Gasteiger partial charge in [0.15, 0.2) is 0 Å². The second-order valence-electron chi connectivity index (χ2n) is 4.82. The zero-order valence-electron chi connectivity index (χ0n) is 12.3. The molecule has 0 aliphatic carbocycles. The molecular weight excluding hydrogens is 390 g/mol. The van der Waals surface area contributed by atoms with E-state index in [9.17, 15) is 35.9 Å². The number of anilines is 1. The van der Waals surface area contributed by atoms with Gasteiger partial charge in [-0.05, 0) is 24.3 Å². The van der Waals surface area contributed by atoms with Gasteiger partial charge in [0.05, 0.1) is 16.3 Å². The van der Waals surface area contributed by atoms with Gasteiger partial charge in [-0.25, -0.2) is 18.0 Å². The van der Waals surface area contributed by atoms with Crippen molar-refractivity contribution in [2.75, 3.05) is 5.32 Å². The fourth-order valence-electron chi connectivity index (χ4n) is 1.92.